The predicted molar refractivity (Wildman–Crippen MR) is 93.3 cm³/mol. The van der Waals surface area contributed by atoms with Crippen molar-refractivity contribution in [3.63, 3.8) is 0 Å². The first-order chi connectivity index (χ1) is 12.1. The summed E-state index contributed by atoms with van der Waals surface area (Å²) in [6, 6.07) is 9.95. The third kappa shape index (κ3) is 3.42. The van der Waals surface area contributed by atoms with E-state index in [1.165, 1.54) is 4.90 Å². The van der Waals surface area contributed by atoms with Crippen molar-refractivity contribution < 1.29 is 9.59 Å². The van der Waals surface area contributed by atoms with Crippen molar-refractivity contribution in [2.75, 3.05) is 0 Å². The van der Waals surface area contributed by atoms with E-state index in [-0.39, 0.29) is 6.54 Å². The SMILES string of the molecule is C/C=C1/C(=O)C(=O)N(Cc2cn(Cc3ccccc3)nn2)/C1=C/CC. The van der Waals surface area contributed by atoms with Gasteiger partial charge >= 0.3 is 0 Å². The Labute approximate surface area is 146 Å². The Morgan fingerprint density at radius 3 is 2.56 bits per heavy atom. The maximum Gasteiger partial charge on any atom is 0.299 e. The molecule has 1 aromatic carbocycles. The second kappa shape index (κ2) is 7.25. The molecule has 3 rings (SSSR count). The third-order valence-electron chi connectivity index (χ3n) is 4.03. The first kappa shape index (κ1) is 16.8. The van der Waals surface area contributed by atoms with Crippen LogP contribution in [0, 0.1) is 0 Å². The van der Waals surface area contributed by atoms with Crippen LogP contribution in [-0.2, 0) is 22.7 Å². The van der Waals surface area contributed by atoms with Gasteiger partial charge in [-0.3, -0.25) is 14.5 Å². The van der Waals surface area contributed by atoms with E-state index >= 15 is 0 Å². The van der Waals surface area contributed by atoms with Crippen LogP contribution in [0.1, 0.15) is 31.5 Å². The maximum atomic E-state index is 12.3. The summed E-state index contributed by atoms with van der Waals surface area (Å²) < 4.78 is 1.73. The molecule has 2 heterocycles. The quantitative estimate of drug-likeness (QED) is 0.621. The molecule has 1 aromatic heterocycles. The fourth-order valence-corrected chi connectivity index (χ4v) is 2.88. The number of carbonyl (C=O) groups is 2. The minimum atomic E-state index is -0.509. The lowest BCUT2D eigenvalue weighted by Crippen LogP contribution is -2.26. The summed E-state index contributed by atoms with van der Waals surface area (Å²) >= 11 is 0. The number of ketones is 1. The largest absolute Gasteiger partial charge is 0.299 e. The monoisotopic (exact) mass is 336 g/mol. The molecule has 2 aromatic rings. The van der Waals surface area contributed by atoms with Crippen molar-refractivity contribution >= 4 is 11.7 Å². The Morgan fingerprint density at radius 1 is 1.12 bits per heavy atom. The van der Waals surface area contributed by atoms with Gasteiger partial charge in [0.25, 0.3) is 11.7 Å². The van der Waals surface area contributed by atoms with E-state index in [2.05, 4.69) is 10.3 Å². The highest BCUT2D eigenvalue weighted by molar-refractivity contribution is 6.47. The van der Waals surface area contributed by atoms with E-state index in [0.717, 1.165) is 12.0 Å². The van der Waals surface area contributed by atoms with E-state index in [1.807, 2.05) is 49.5 Å². The highest BCUT2D eigenvalue weighted by Crippen LogP contribution is 2.27. The number of rotatable bonds is 5. The van der Waals surface area contributed by atoms with Crippen LogP contribution in [0.5, 0.6) is 0 Å². The Kier molecular flexibility index (Phi) is 4.88. The van der Waals surface area contributed by atoms with Crippen molar-refractivity contribution in [1.82, 2.24) is 19.9 Å². The molecule has 1 amide bonds. The number of hydrogen-bond acceptors (Lipinski definition) is 4. The van der Waals surface area contributed by atoms with Gasteiger partial charge in [0, 0.05) is 5.57 Å². The lowest BCUT2D eigenvalue weighted by Gasteiger charge is -2.15. The van der Waals surface area contributed by atoms with Crippen molar-refractivity contribution in [3.8, 4) is 0 Å². The van der Waals surface area contributed by atoms with E-state index in [9.17, 15) is 9.59 Å². The summed E-state index contributed by atoms with van der Waals surface area (Å²) in [6.07, 6.45) is 6.13. The van der Waals surface area contributed by atoms with Crippen LogP contribution in [0.15, 0.2) is 60.0 Å². The summed E-state index contributed by atoms with van der Waals surface area (Å²) in [7, 11) is 0. The number of likely N-dealkylation sites (tertiary alicyclic amines) is 1. The molecule has 6 heteroatoms. The van der Waals surface area contributed by atoms with E-state index in [0.29, 0.717) is 23.5 Å². The topological polar surface area (TPSA) is 68.1 Å². The molecule has 1 fully saturated rings. The second-order valence-corrected chi connectivity index (χ2v) is 5.81. The molecule has 1 aliphatic heterocycles. The average Bonchev–Trinajstić information content (AvgIpc) is 3.14. The van der Waals surface area contributed by atoms with E-state index < -0.39 is 11.7 Å². The van der Waals surface area contributed by atoms with Crippen LogP contribution >= 0.6 is 0 Å². The Hall–Kier alpha value is -3.02. The van der Waals surface area contributed by atoms with Gasteiger partial charge in [-0.15, -0.1) is 5.10 Å². The van der Waals surface area contributed by atoms with Gasteiger partial charge in [0.15, 0.2) is 0 Å². The van der Waals surface area contributed by atoms with Gasteiger partial charge in [0.1, 0.15) is 5.69 Å². The molecule has 1 aliphatic rings. The minimum absolute atomic E-state index is 0.239. The molecule has 128 valence electrons. The Morgan fingerprint density at radius 2 is 1.88 bits per heavy atom. The molecular weight excluding hydrogens is 316 g/mol. The average molecular weight is 336 g/mol. The molecule has 0 N–H and O–H groups in total. The number of carbonyl (C=O) groups excluding carboxylic acids is 2. The summed E-state index contributed by atoms with van der Waals surface area (Å²) in [5.41, 5.74) is 2.90. The van der Waals surface area contributed by atoms with Crippen LogP contribution in [0.4, 0.5) is 0 Å². The number of amides is 1. The predicted octanol–water partition coefficient (Wildman–Crippen LogP) is 2.48. The van der Waals surface area contributed by atoms with Gasteiger partial charge in [-0.2, -0.15) is 0 Å². The molecular formula is C19H20N4O2. The molecule has 0 aliphatic carbocycles. The number of allylic oxidation sites excluding steroid dienone is 3. The van der Waals surface area contributed by atoms with Gasteiger partial charge in [-0.25, -0.2) is 4.68 Å². The summed E-state index contributed by atoms with van der Waals surface area (Å²) in [5.74, 6) is -0.968. The lowest BCUT2D eigenvalue weighted by atomic mass is 10.1. The van der Waals surface area contributed by atoms with Gasteiger partial charge in [-0.05, 0) is 18.9 Å². The number of aromatic nitrogens is 3. The molecule has 0 saturated carbocycles. The zero-order chi connectivity index (χ0) is 17.8. The normalized spacial score (nSPS) is 17.9. The van der Waals surface area contributed by atoms with Crippen LogP contribution in [0.2, 0.25) is 0 Å². The Balaban J connectivity index is 1.79. The number of Topliss-reactive ketones (excluding diaryl/α,β-unsaturated/α-hetero) is 1. The first-order valence-electron chi connectivity index (χ1n) is 8.30. The summed E-state index contributed by atoms with van der Waals surface area (Å²) in [5, 5.41) is 8.26. The highest BCUT2D eigenvalue weighted by atomic mass is 16.2. The maximum absolute atomic E-state index is 12.3. The van der Waals surface area contributed by atoms with Gasteiger partial charge in [0.05, 0.1) is 25.0 Å². The summed E-state index contributed by atoms with van der Waals surface area (Å²) in [4.78, 5) is 25.9. The van der Waals surface area contributed by atoms with Crippen molar-refractivity contribution in [3.05, 3.63) is 71.2 Å². The fraction of sp³-hybridized carbons (Fsp3) is 0.263. The first-order valence-corrected chi connectivity index (χ1v) is 8.30. The number of benzene rings is 1. The second-order valence-electron chi connectivity index (χ2n) is 5.81. The standard InChI is InChI=1S/C19H20N4O2/c1-3-8-17-16(4-2)18(24)19(25)23(17)13-15-12-22(21-20-15)11-14-9-6-5-7-10-14/h4-10,12H,3,11,13H2,1-2H3/b16-4+,17-8+. The summed E-state index contributed by atoms with van der Waals surface area (Å²) in [6.45, 7) is 4.59. The van der Waals surface area contributed by atoms with Gasteiger partial charge in [0.2, 0.25) is 0 Å². The fourth-order valence-electron chi connectivity index (χ4n) is 2.88. The van der Waals surface area contributed by atoms with Crippen LogP contribution in [0.25, 0.3) is 0 Å². The van der Waals surface area contributed by atoms with Crippen molar-refractivity contribution in [2.45, 2.75) is 33.4 Å². The molecule has 6 nitrogen and oxygen atoms in total. The van der Waals surface area contributed by atoms with E-state index in [1.54, 1.807) is 17.7 Å². The van der Waals surface area contributed by atoms with E-state index in [4.69, 9.17) is 0 Å². The molecule has 0 atom stereocenters. The number of hydrogen-bond donors (Lipinski definition) is 0. The van der Waals surface area contributed by atoms with Crippen LogP contribution < -0.4 is 0 Å². The molecule has 25 heavy (non-hydrogen) atoms. The van der Waals surface area contributed by atoms with Crippen molar-refractivity contribution in [2.24, 2.45) is 0 Å². The molecule has 0 spiro atoms. The van der Waals surface area contributed by atoms with Gasteiger partial charge < -0.3 is 0 Å². The van der Waals surface area contributed by atoms with Gasteiger partial charge in [-0.1, -0.05) is 54.6 Å². The van der Waals surface area contributed by atoms with Crippen LogP contribution in [0.3, 0.4) is 0 Å². The molecule has 0 radical (unpaired) electrons. The smallest absolute Gasteiger partial charge is 0.299 e. The van der Waals surface area contributed by atoms with Crippen molar-refractivity contribution in [1.29, 1.82) is 0 Å². The minimum Gasteiger partial charge on any atom is -0.299 e. The van der Waals surface area contributed by atoms with Crippen LogP contribution in [-0.4, -0.2) is 31.6 Å². The number of nitrogens with zero attached hydrogens (tertiary/aromatic N) is 4. The Bertz CT molecular complexity index is 849. The lowest BCUT2D eigenvalue weighted by molar-refractivity contribution is -0.139. The zero-order valence-corrected chi connectivity index (χ0v) is 14.3. The molecule has 0 bridgehead atoms. The molecule has 1 saturated heterocycles. The molecule has 0 unspecified atom stereocenters. The third-order valence-corrected chi connectivity index (χ3v) is 4.03. The zero-order valence-electron chi connectivity index (χ0n) is 14.3. The highest BCUT2D eigenvalue weighted by Gasteiger charge is 2.38.